The van der Waals surface area contributed by atoms with Crippen LogP contribution in [0.2, 0.25) is 0 Å². The van der Waals surface area contributed by atoms with Crippen molar-refractivity contribution in [2.24, 2.45) is 0 Å². The number of rotatable bonds is 6. The SMILES string of the molecule is COc1ccc(CSc2nnc(-c3cccnc3)n2-c2ccccc2F)cc1F. The number of pyridine rings is 1. The number of ether oxygens (including phenoxy) is 1. The van der Waals surface area contributed by atoms with E-state index in [4.69, 9.17) is 4.74 Å². The highest BCUT2D eigenvalue weighted by molar-refractivity contribution is 7.98. The molecule has 29 heavy (non-hydrogen) atoms. The second kappa shape index (κ2) is 8.40. The molecule has 0 aliphatic rings. The average molecular weight is 410 g/mol. The minimum atomic E-state index is -0.433. The molecule has 0 atom stereocenters. The Balaban J connectivity index is 1.71. The van der Waals surface area contributed by atoms with Gasteiger partial charge in [-0.1, -0.05) is 30.0 Å². The number of aromatic nitrogens is 4. The summed E-state index contributed by atoms with van der Waals surface area (Å²) in [5.74, 6) is 0.270. The summed E-state index contributed by atoms with van der Waals surface area (Å²) < 4.78 is 35.1. The molecule has 0 aliphatic heterocycles. The van der Waals surface area contributed by atoms with Gasteiger partial charge < -0.3 is 4.74 Å². The van der Waals surface area contributed by atoms with Gasteiger partial charge in [0.25, 0.3) is 0 Å². The predicted molar refractivity (Wildman–Crippen MR) is 107 cm³/mol. The second-order valence-corrected chi connectivity index (χ2v) is 7.03. The van der Waals surface area contributed by atoms with Crippen LogP contribution in [0.25, 0.3) is 17.1 Å². The van der Waals surface area contributed by atoms with Gasteiger partial charge in [0.1, 0.15) is 5.82 Å². The van der Waals surface area contributed by atoms with E-state index in [0.29, 0.717) is 28.0 Å². The summed E-state index contributed by atoms with van der Waals surface area (Å²) in [6.07, 6.45) is 3.30. The highest BCUT2D eigenvalue weighted by atomic mass is 32.2. The molecule has 0 saturated carbocycles. The first-order valence-corrected chi connectivity index (χ1v) is 9.72. The topological polar surface area (TPSA) is 52.8 Å². The van der Waals surface area contributed by atoms with Crippen molar-refractivity contribution in [3.8, 4) is 22.8 Å². The van der Waals surface area contributed by atoms with Crippen LogP contribution in [-0.4, -0.2) is 26.9 Å². The number of benzene rings is 2. The highest BCUT2D eigenvalue weighted by Crippen LogP contribution is 2.31. The molecule has 2 heterocycles. The standard InChI is InChI=1S/C21H16F2N4OS/c1-28-19-9-8-14(11-17(19)23)13-29-21-26-25-20(15-5-4-10-24-12-15)27(21)18-7-3-2-6-16(18)22/h2-12H,13H2,1H3. The first kappa shape index (κ1) is 19.1. The van der Waals surface area contributed by atoms with Gasteiger partial charge in [0.05, 0.1) is 12.8 Å². The van der Waals surface area contributed by atoms with Gasteiger partial charge in [-0.05, 0) is 42.0 Å². The first-order valence-electron chi connectivity index (χ1n) is 8.73. The summed E-state index contributed by atoms with van der Waals surface area (Å²) in [6, 6.07) is 14.8. The van der Waals surface area contributed by atoms with Gasteiger partial charge in [-0.25, -0.2) is 8.78 Å². The van der Waals surface area contributed by atoms with Crippen molar-refractivity contribution in [3.05, 3.63) is 84.2 Å². The van der Waals surface area contributed by atoms with Crippen molar-refractivity contribution >= 4 is 11.8 Å². The minimum absolute atomic E-state index is 0.187. The third kappa shape index (κ3) is 3.97. The summed E-state index contributed by atoms with van der Waals surface area (Å²) >= 11 is 1.34. The summed E-state index contributed by atoms with van der Waals surface area (Å²) in [5, 5.41) is 8.99. The maximum Gasteiger partial charge on any atom is 0.196 e. The van der Waals surface area contributed by atoms with Crippen LogP contribution in [0, 0.1) is 11.6 Å². The number of para-hydroxylation sites is 1. The fourth-order valence-corrected chi connectivity index (χ4v) is 3.73. The van der Waals surface area contributed by atoms with Gasteiger partial charge in [-0.2, -0.15) is 0 Å². The van der Waals surface area contributed by atoms with E-state index in [-0.39, 0.29) is 5.75 Å². The van der Waals surface area contributed by atoms with Crippen molar-refractivity contribution in [2.75, 3.05) is 7.11 Å². The van der Waals surface area contributed by atoms with Crippen LogP contribution < -0.4 is 4.74 Å². The second-order valence-electron chi connectivity index (χ2n) is 6.09. The van der Waals surface area contributed by atoms with Crippen LogP contribution >= 0.6 is 11.8 Å². The lowest BCUT2D eigenvalue weighted by Gasteiger charge is -2.11. The molecule has 4 aromatic rings. The Kier molecular flexibility index (Phi) is 5.53. The lowest BCUT2D eigenvalue weighted by Crippen LogP contribution is -2.02. The minimum Gasteiger partial charge on any atom is -0.494 e. The molecule has 0 saturated heterocycles. The number of hydrogen-bond acceptors (Lipinski definition) is 5. The quantitative estimate of drug-likeness (QED) is 0.423. The first-order chi connectivity index (χ1) is 14.2. The zero-order valence-electron chi connectivity index (χ0n) is 15.4. The van der Waals surface area contributed by atoms with Crippen LogP contribution in [0.5, 0.6) is 5.75 Å². The normalized spacial score (nSPS) is 10.9. The molecule has 0 unspecified atom stereocenters. The van der Waals surface area contributed by atoms with Crippen LogP contribution in [0.15, 0.2) is 72.1 Å². The van der Waals surface area contributed by atoms with Gasteiger partial charge >= 0.3 is 0 Å². The summed E-state index contributed by atoms with van der Waals surface area (Å²) in [4.78, 5) is 4.11. The van der Waals surface area contributed by atoms with E-state index < -0.39 is 11.6 Å². The fraction of sp³-hybridized carbons (Fsp3) is 0.0952. The molecule has 146 valence electrons. The van der Waals surface area contributed by atoms with Crippen molar-refractivity contribution in [2.45, 2.75) is 10.9 Å². The molecule has 0 fully saturated rings. The van der Waals surface area contributed by atoms with E-state index in [1.165, 1.54) is 31.0 Å². The smallest absolute Gasteiger partial charge is 0.196 e. The monoisotopic (exact) mass is 410 g/mol. The van der Waals surface area contributed by atoms with Gasteiger partial charge in [0.2, 0.25) is 0 Å². The van der Waals surface area contributed by atoms with E-state index in [0.717, 1.165) is 5.56 Å². The molecule has 0 N–H and O–H groups in total. The fourth-order valence-electron chi connectivity index (χ4n) is 2.84. The Bertz CT molecular complexity index is 1130. The maximum atomic E-state index is 14.6. The highest BCUT2D eigenvalue weighted by Gasteiger charge is 2.19. The Morgan fingerprint density at radius 1 is 1.00 bits per heavy atom. The van der Waals surface area contributed by atoms with E-state index >= 15 is 0 Å². The average Bonchev–Trinajstić information content (AvgIpc) is 3.17. The predicted octanol–water partition coefficient (Wildman–Crippen LogP) is 4.91. The molecule has 0 spiro atoms. The molecule has 2 aromatic carbocycles. The lowest BCUT2D eigenvalue weighted by atomic mass is 10.2. The molecule has 2 aromatic heterocycles. The number of methoxy groups -OCH3 is 1. The third-order valence-electron chi connectivity index (χ3n) is 4.23. The van der Waals surface area contributed by atoms with Gasteiger partial charge in [0.15, 0.2) is 22.5 Å². The largest absolute Gasteiger partial charge is 0.494 e. The molecular weight excluding hydrogens is 394 g/mol. The molecule has 4 rings (SSSR count). The molecule has 5 nitrogen and oxygen atoms in total. The number of nitrogens with zero attached hydrogens (tertiary/aromatic N) is 4. The van der Waals surface area contributed by atoms with E-state index in [1.54, 1.807) is 53.4 Å². The lowest BCUT2D eigenvalue weighted by molar-refractivity contribution is 0.386. The van der Waals surface area contributed by atoms with Crippen molar-refractivity contribution < 1.29 is 13.5 Å². The van der Waals surface area contributed by atoms with Gasteiger partial charge in [-0.3, -0.25) is 9.55 Å². The molecular formula is C21H16F2N4OS. The maximum absolute atomic E-state index is 14.6. The molecule has 0 bridgehead atoms. The Morgan fingerprint density at radius 3 is 2.59 bits per heavy atom. The number of hydrogen-bond donors (Lipinski definition) is 0. The van der Waals surface area contributed by atoms with E-state index in [2.05, 4.69) is 15.2 Å². The zero-order valence-corrected chi connectivity index (χ0v) is 16.2. The summed E-state index contributed by atoms with van der Waals surface area (Å²) in [5.41, 5.74) is 1.80. The van der Waals surface area contributed by atoms with E-state index in [9.17, 15) is 8.78 Å². The van der Waals surface area contributed by atoms with Crippen LogP contribution in [0.4, 0.5) is 8.78 Å². The van der Waals surface area contributed by atoms with Gasteiger partial charge in [0, 0.05) is 23.7 Å². The van der Waals surface area contributed by atoms with Crippen molar-refractivity contribution in [1.29, 1.82) is 0 Å². The Morgan fingerprint density at radius 2 is 1.86 bits per heavy atom. The van der Waals surface area contributed by atoms with Crippen molar-refractivity contribution in [1.82, 2.24) is 19.7 Å². The van der Waals surface area contributed by atoms with Crippen LogP contribution in [-0.2, 0) is 5.75 Å². The Labute approximate surface area is 170 Å². The van der Waals surface area contributed by atoms with Crippen LogP contribution in [0.1, 0.15) is 5.56 Å². The van der Waals surface area contributed by atoms with Crippen molar-refractivity contribution in [3.63, 3.8) is 0 Å². The van der Waals surface area contributed by atoms with Crippen LogP contribution in [0.3, 0.4) is 0 Å². The zero-order chi connectivity index (χ0) is 20.2. The molecule has 0 amide bonds. The van der Waals surface area contributed by atoms with Gasteiger partial charge in [-0.15, -0.1) is 10.2 Å². The molecule has 0 radical (unpaired) electrons. The number of thioether (sulfide) groups is 1. The number of halogens is 2. The van der Waals surface area contributed by atoms with E-state index in [1.807, 2.05) is 6.07 Å². The third-order valence-corrected chi connectivity index (χ3v) is 5.23. The summed E-state index contributed by atoms with van der Waals surface area (Å²) in [6.45, 7) is 0. The Hall–Kier alpha value is -3.26. The molecule has 8 heteroatoms. The molecule has 0 aliphatic carbocycles. The summed E-state index contributed by atoms with van der Waals surface area (Å²) in [7, 11) is 1.42.